The summed E-state index contributed by atoms with van der Waals surface area (Å²) in [4.78, 5) is 45.1. The monoisotopic (exact) mass is 483 g/mol. The van der Waals surface area contributed by atoms with Crippen LogP contribution in [-0.2, 0) is 42.2 Å². The van der Waals surface area contributed by atoms with Gasteiger partial charge in [-0.15, -0.1) is 0 Å². The second-order valence-electron chi connectivity index (χ2n) is 8.80. The number of nitrogens with zero attached hydrogens (tertiary/aromatic N) is 3. The molecule has 9 nitrogen and oxygen atoms in total. The largest absolute Gasteiger partial charge is 0.380 e. The number of rotatable bonds is 14. The van der Waals surface area contributed by atoms with Crippen LogP contribution in [0.25, 0.3) is 11.2 Å². The highest BCUT2D eigenvalue weighted by molar-refractivity contribution is 5.76. The number of benzene rings is 1. The SMILES string of the molecule is CCCCCn1c(CCC(=O)NCc2ccccc2COC)nc2c1c(=O)[nH]c(=O)n2CCCC. The number of hydrogen-bond donors (Lipinski definition) is 2. The number of aryl methyl sites for hydroxylation is 3. The summed E-state index contributed by atoms with van der Waals surface area (Å²) >= 11 is 0. The van der Waals surface area contributed by atoms with Crippen molar-refractivity contribution in [2.24, 2.45) is 0 Å². The summed E-state index contributed by atoms with van der Waals surface area (Å²) in [6, 6.07) is 7.85. The molecule has 0 spiro atoms. The summed E-state index contributed by atoms with van der Waals surface area (Å²) in [5, 5.41) is 2.98. The molecular weight excluding hydrogens is 446 g/mol. The van der Waals surface area contributed by atoms with Gasteiger partial charge in [-0.05, 0) is 24.0 Å². The highest BCUT2D eigenvalue weighted by Gasteiger charge is 2.19. The van der Waals surface area contributed by atoms with Crippen molar-refractivity contribution in [1.29, 1.82) is 0 Å². The highest BCUT2D eigenvalue weighted by Crippen LogP contribution is 2.16. The highest BCUT2D eigenvalue weighted by atomic mass is 16.5. The number of H-pyrrole nitrogens is 1. The number of imidazole rings is 1. The predicted molar refractivity (Wildman–Crippen MR) is 136 cm³/mol. The third-order valence-corrected chi connectivity index (χ3v) is 6.16. The molecule has 2 heterocycles. The number of unbranched alkanes of at least 4 members (excludes halogenated alkanes) is 3. The molecular formula is C26H37N5O4. The molecule has 0 aliphatic rings. The molecule has 0 radical (unpaired) electrons. The molecule has 0 aliphatic carbocycles. The Labute approximate surface area is 205 Å². The molecule has 3 aromatic rings. The molecule has 9 heteroatoms. The Bertz CT molecular complexity index is 1240. The van der Waals surface area contributed by atoms with E-state index in [4.69, 9.17) is 9.72 Å². The first-order valence-electron chi connectivity index (χ1n) is 12.5. The van der Waals surface area contributed by atoms with Crippen molar-refractivity contribution < 1.29 is 9.53 Å². The number of ether oxygens (including phenoxy) is 1. The van der Waals surface area contributed by atoms with Gasteiger partial charge in [0, 0.05) is 39.6 Å². The quantitative estimate of drug-likeness (QED) is 0.342. The maximum absolute atomic E-state index is 12.8. The van der Waals surface area contributed by atoms with Crippen molar-refractivity contribution in [3.63, 3.8) is 0 Å². The molecule has 35 heavy (non-hydrogen) atoms. The van der Waals surface area contributed by atoms with Crippen molar-refractivity contribution in [2.75, 3.05) is 7.11 Å². The van der Waals surface area contributed by atoms with Crippen LogP contribution in [-0.4, -0.2) is 32.1 Å². The van der Waals surface area contributed by atoms with Gasteiger partial charge in [0.2, 0.25) is 5.91 Å². The number of amides is 1. The molecule has 0 bridgehead atoms. The third kappa shape index (κ3) is 6.69. The fourth-order valence-corrected chi connectivity index (χ4v) is 4.23. The summed E-state index contributed by atoms with van der Waals surface area (Å²) in [5.41, 5.74) is 2.02. The van der Waals surface area contributed by atoms with Gasteiger partial charge in [-0.1, -0.05) is 57.4 Å². The fourth-order valence-electron chi connectivity index (χ4n) is 4.23. The normalized spacial score (nSPS) is 11.3. The van der Waals surface area contributed by atoms with E-state index >= 15 is 0 Å². The maximum atomic E-state index is 12.8. The van der Waals surface area contributed by atoms with Gasteiger partial charge in [0.1, 0.15) is 5.82 Å². The molecule has 0 atom stereocenters. The smallest absolute Gasteiger partial charge is 0.330 e. The fraction of sp³-hybridized carbons (Fsp3) is 0.538. The Kier molecular flexibility index (Phi) is 9.84. The topological polar surface area (TPSA) is 111 Å². The molecule has 0 aliphatic heterocycles. The van der Waals surface area contributed by atoms with E-state index in [0.29, 0.717) is 49.7 Å². The number of carbonyl (C=O) groups is 1. The number of carbonyl (C=O) groups excluding carboxylic acids is 1. The lowest BCUT2D eigenvalue weighted by atomic mass is 10.1. The van der Waals surface area contributed by atoms with Gasteiger partial charge < -0.3 is 14.6 Å². The van der Waals surface area contributed by atoms with Crippen LogP contribution >= 0.6 is 0 Å². The lowest BCUT2D eigenvalue weighted by molar-refractivity contribution is -0.121. The lowest BCUT2D eigenvalue weighted by Crippen LogP contribution is -2.31. The Morgan fingerprint density at radius 2 is 1.74 bits per heavy atom. The summed E-state index contributed by atoms with van der Waals surface area (Å²) in [7, 11) is 1.65. The van der Waals surface area contributed by atoms with Crippen LogP contribution in [0.2, 0.25) is 0 Å². The van der Waals surface area contributed by atoms with Gasteiger partial charge in [0.05, 0.1) is 6.61 Å². The minimum Gasteiger partial charge on any atom is -0.380 e. The molecule has 2 aromatic heterocycles. The number of fused-ring (bicyclic) bond motifs is 1. The van der Waals surface area contributed by atoms with Gasteiger partial charge in [0.15, 0.2) is 11.2 Å². The first kappa shape index (κ1) is 26.4. The number of aromatic nitrogens is 4. The molecule has 190 valence electrons. The number of methoxy groups -OCH3 is 1. The van der Waals surface area contributed by atoms with Gasteiger partial charge in [-0.25, -0.2) is 9.78 Å². The van der Waals surface area contributed by atoms with E-state index in [0.717, 1.165) is 43.2 Å². The number of nitrogens with one attached hydrogen (secondary N) is 2. The zero-order chi connectivity index (χ0) is 25.2. The van der Waals surface area contributed by atoms with Crippen molar-refractivity contribution in [2.45, 2.75) is 85.0 Å². The van der Waals surface area contributed by atoms with Crippen molar-refractivity contribution in [3.8, 4) is 0 Å². The average Bonchev–Trinajstić information content (AvgIpc) is 3.21. The molecule has 1 aromatic carbocycles. The Balaban J connectivity index is 1.81. The minimum atomic E-state index is -0.437. The molecule has 0 saturated carbocycles. The van der Waals surface area contributed by atoms with Gasteiger partial charge in [-0.3, -0.25) is 19.1 Å². The van der Waals surface area contributed by atoms with E-state index in [9.17, 15) is 14.4 Å². The van der Waals surface area contributed by atoms with Crippen molar-refractivity contribution >= 4 is 17.1 Å². The summed E-state index contributed by atoms with van der Waals surface area (Å²) < 4.78 is 8.68. The van der Waals surface area contributed by atoms with Crippen LogP contribution < -0.4 is 16.6 Å². The molecule has 0 unspecified atom stereocenters. The Morgan fingerprint density at radius 1 is 1.03 bits per heavy atom. The zero-order valence-electron chi connectivity index (χ0n) is 21.1. The zero-order valence-corrected chi connectivity index (χ0v) is 21.1. The minimum absolute atomic E-state index is 0.0957. The summed E-state index contributed by atoms with van der Waals surface area (Å²) in [6.45, 7) is 6.20. The van der Waals surface area contributed by atoms with E-state index in [-0.39, 0.29) is 12.3 Å². The second-order valence-corrected chi connectivity index (χ2v) is 8.80. The van der Waals surface area contributed by atoms with Crippen molar-refractivity contribution in [1.82, 2.24) is 24.4 Å². The van der Waals surface area contributed by atoms with Crippen LogP contribution in [0.3, 0.4) is 0 Å². The van der Waals surface area contributed by atoms with E-state index < -0.39 is 11.2 Å². The summed E-state index contributed by atoms with van der Waals surface area (Å²) in [6.07, 6.45) is 5.32. The molecule has 3 rings (SSSR count). The van der Waals surface area contributed by atoms with Crippen molar-refractivity contribution in [3.05, 3.63) is 62.1 Å². The van der Waals surface area contributed by atoms with E-state index in [2.05, 4.69) is 24.1 Å². The van der Waals surface area contributed by atoms with E-state index in [1.54, 1.807) is 11.7 Å². The predicted octanol–water partition coefficient (Wildman–Crippen LogP) is 3.27. The van der Waals surface area contributed by atoms with Crippen LogP contribution in [0.15, 0.2) is 33.9 Å². The van der Waals surface area contributed by atoms with Gasteiger partial charge >= 0.3 is 5.69 Å². The standard InChI is InChI=1S/C26H37N5O4/c1-4-6-10-16-30-21(28-24-23(30)25(33)29-26(34)31(24)15-7-5-2)13-14-22(32)27-17-19-11-8-9-12-20(19)18-35-3/h8-9,11-12H,4-7,10,13-18H2,1-3H3,(H,27,32)(H,29,33,34). The van der Waals surface area contributed by atoms with Crippen LogP contribution in [0.1, 0.15) is 69.3 Å². The van der Waals surface area contributed by atoms with Crippen LogP contribution in [0.4, 0.5) is 0 Å². The molecule has 2 N–H and O–H groups in total. The number of hydrogen-bond acceptors (Lipinski definition) is 5. The first-order chi connectivity index (χ1) is 17.0. The Morgan fingerprint density at radius 3 is 2.46 bits per heavy atom. The molecule has 0 fully saturated rings. The van der Waals surface area contributed by atoms with Crippen LogP contribution in [0, 0.1) is 0 Å². The lowest BCUT2D eigenvalue weighted by Gasteiger charge is -2.11. The van der Waals surface area contributed by atoms with Gasteiger partial charge in [0.25, 0.3) is 5.56 Å². The maximum Gasteiger partial charge on any atom is 0.330 e. The van der Waals surface area contributed by atoms with Gasteiger partial charge in [-0.2, -0.15) is 0 Å². The first-order valence-corrected chi connectivity index (χ1v) is 12.5. The molecule has 1 amide bonds. The summed E-state index contributed by atoms with van der Waals surface area (Å²) in [5.74, 6) is 0.564. The average molecular weight is 484 g/mol. The van der Waals surface area contributed by atoms with E-state index in [1.165, 1.54) is 0 Å². The van der Waals surface area contributed by atoms with Crippen LogP contribution in [0.5, 0.6) is 0 Å². The second kappa shape index (κ2) is 13.0. The Hall–Kier alpha value is -3.20. The third-order valence-electron chi connectivity index (χ3n) is 6.16. The van der Waals surface area contributed by atoms with E-state index in [1.807, 2.05) is 28.8 Å². The number of aromatic amines is 1. The molecule has 0 saturated heterocycles.